The minimum atomic E-state index is -1.53. The molecule has 1 aromatic carbocycles. The number of esters is 1. The summed E-state index contributed by atoms with van der Waals surface area (Å²) < 4.78 is 29.4. The van der Waals surface area contributed by atoms with E-state index in [-0.39, 0.29) is 6.61 Å². The summed E-state index contributed by atoms with van der Waals surface area (Å²) in [5.41, 5.74) is 0.341. The highest BCUT2D eigenvalue weighted by Crippen LogP contribution is 2.24. The van der Waals surface area contributed by atoms with Crippen molar-refractivity contribution in [3.8, 4) is 0 Å². The lowest BCUT2D eigenvalue weighted by molar-refractivity contribution is -0.133. The first-order valence-electron chi connectivity index (χ1n) is 6.96. The number of carbonyl (C=O) groups excluding carboxylic acids is 1. The van der Waals surface area contributed by atoms with Crippen molar-refractivity contribution < 1.29 is 28.5 Å². The molecule has 1 aliphatic heterocycles. The zero-order valence-corrected chi connectivity index (χ0v) is 12.5. The van der Waals surface area contributed by atoms with Crippen LogP contribution in [0.1, 0.15) is 24.2 Å². The van der Waals surface area contributed by atoms with Gasteiger partial charge in [-0.2, -0.15) is 0 Å². The van der Waals surface area contributed by atoms with Gasteiger partial charge in [0, 0.05) is 0 Å². The summed E-state index contributed by atoms with van der Waals surface area (Å²) in [5.74, 6) is -2.20. The molecule has 0 aromatic heterocycles. The topological polar surface area (TPSA) is 65.0 Å². The van der Waals surface area contributed by atoms with Crippen molar-refractivity contribution in [2.75, 3.05) is 13.2 Å². The van der Waals surface area contributed by atoms with Crippen LogP contribution in [0.2, 0.25) is 0 Å². The van der Waals surface area contributed by atoms with Crippen molar-refractivity contribution in [1.29, 1.82) is 0 Å². The van der Waals surface area contributed by atoms with Crippen LogP contribution in [0.25, 0.3) is 0 Å². The van der Waals surface area contributed by atoms with Gasteiger partial charge < -0.3 is 19.3 Å². The fourth-order valence-corrected chi connectivity index (χ4v) is 1.98. The van der Waals surface area contributed by atoms with Crippen molar-refractivity contribution in [2.45, 2.75) is 31.8 Å². The molecular formula is C16H19FO5. The molecule has 0 radical (unpaired) electrons. The molecule has 1 saturated heterocycles. The van der Waals surface area contributed by atoms with Crippen LogP contribution in [0.5, 0.6) is 0 Å². The average Bonchev–Trinajstić information content (AvgIpc) is 2.84. The molecule has 0 amide bonds. The van der Waals surface area contributed by atoms with Crippen LogP contribution in [0.3, 0.4) is 0 Å². The van der Waals surface area contributed by atoms with E-state index in [1.54, 1.807) is 44.2 Å². The van der Waals surface area contributed by atoms with Gasteiger partial charge in [-0.25, -0.2) is 9.18 Å². The van der Waals surface area contributed by atoms with E-state index >= 15 is 0 Å². The molecule has 1 aromatic rings. The molecule has 0 aliphatic carbocycles. The van der Waals surface area contributed by atoms with Crippen molar-refractivity contribution >= 4 is 5.97 Å². The summed E-state index contributed by atoms with van der Waals surface area (Å²) in [6.45, 7) is 3.18. The third kappa shape index (κ3) is 4.62. The smallest absolute Gasteiger partial charge is 0.338 e. The van der Waals surface area contributed by atoms with Gasteiger partial charge in [-0.3, -0.25) is 0 Å². The third-order valence-electron chi connectivity index (χ3n) is 3.08. The van der Waals surface area contributed by atoms with Crippen molar-refractivity contribution in [3.05, 3.63) is 47.8 Å². The van der Waals surface area contributed by atoms with Gasteiger partial charge in [0.15, 0.2) is 5.79 Å². The molecule has 5 nitrogen and oxygen atoms in total. The zero-order valence-electron chi connectivity index (χ0n) is 12.5. The second kappa shape index (κ2) is 7.00. The van der Waals surface area contributed by atoms with E-state index in [9.17, 15) is 14.3 Å². The number of aliphatic hydroxyl groups excluding tert-OH is 1. The minimum absolute atomic E-state index is 0.205. The highest BCUT2D eigenvalue weighted by Gasteiger charge is 2.32. The Kier molecular flexibility index (Phi) is 5.28. The molecule has 1 N–H and O–H groups in total. The molecular weight excluding hydrogens is 291 g/mol. The first-order valence-corrected chi connectivity index (χ1v) is 6.96. The molecule has 0 saturated carbocycles. The number of rotatable bonds is 5. The van der Waals surface area contributed by atoms with E-state index in [2.05, 4.69) is 0 Å². The first kappa shape index (κ1) is 16.6. The number of halogens is 1. The summed E-state index contributed by atoms with van der Waals surface area (Å²) in [6.07, 6.45) is -0.968. The maximum absolute atomic E-state index is 13.8. The molecule has 1 aliphatic rings. The lowest BCUT2D eigenvalue weighted by Crippen LogP contribution is -2.22. The van der Waals surface area contributed by atoms with Crippen molar-refractivity contribution in [3.63, 3.8) is 0 Å². The third-order valence-corrected chi connectivity index (χ3v) is 3.08. The Balaban J connectivity index is 1.84. The highest BCUT2D eigenvalue weighted by atomic mass is 19.1. The van der Waals surface area contributed by atoms with Gasteiger partial charge in [0.2, 0.25) is 0 Å². The van der Waals surface area contributed by atoms with Gasteiger partial charge >= 0.3 is 5.97 Å². The van der Waals surface area contributed by atoms with Crippen LogP contribution in [-0.2, 0) is 14.2 Å². The molecule has 6 heteroatoms. The minimum Gasteiger partial charge on any atom is -0.459 e. The summed E-state index contributed by atoms with van der Waals surface area (Å²) in [7, 11) is 0. The van der Waals surface area contributed by atoms with Gasteiger partial charge in [-0.15, -0.1) is 0 Å². The fraction of sp³-hybridized carbons (Fsp3) is 0.438. The number of ether oxygens (including phenoxy) is 3. The Morgan fingerprint density at radius 3 is 2.77 bits per heavy atom. The number of hydrogen-bond acceptors (Lipinski definition) is 5. The fourth-order valence-electron chi connectivity index (χ4n) is 1.98. The van der Waals surface area contributed by atoms with Crippen LogP contribution in [-0.4, -0.2) is 42.3 Å². The van der Waals surface area contributed by atoms with Gasteiger partial charge in [0.25, 0.3) is 0 Å². The van der Waals surface area contributed by atoms with E-state index < -0.39 is 36.4 Å². The molecule has 120 valence electrons. The summed E-state index contributed by atoms with van der Waals surface area (Å²) >= 11 is 0. The van der Waals surface area contributed by atoms with E-state index in [1.807, 2.05) is 0 Å². The Bertz CT molecular complexity index is 541. The van der Waals surface area contributed by atoms with Crippen molar-refractivity contribution in [1.82, 2.24) is 0 Å². The SMILES string of the molecule is CC1(C)OC[C@H](/C=C(/F)[C@H](O)COC(=O)c2ccccc2)O1. The normalized spacial score (nSPS) is 22.4. The standard InChI is InChI=1S/C16H19FO5/c1-16(2)21-9-12(22-16)8-13(17)14(18)10-20-15(19)11-6-4-3-5-7-11/h3-8,12,14,18H,9-10H2,1-2H3/b13-8+/t12-,14+/m0/s1. The molecule has 1 heterocycles. The maximum Gasteiger partial charge on any atom is 0.338 e. The Morgan fingerprint density at radius 2 is 2.18 bits per heavy atom. The van der Waals surface area contributed by atoms with Crippen LogP contribution in [0, 0.1) is 0 Å². The maximum atomic E-state index is 13.8. The highest BCUT2D eigenvalue weighted by molar-refractivity contribution is 5.89. The van der Waals surface area contributed by atoms with Gasteiger partial charge in [0.05, 0.1) is 12.2 Å². The van der Waals surface area contributed by atoms with E-state index in [0.717, 1.165) is 6.08 Å². The summed E-state index contributed by atoms with van der Waals surface area (Å²) in [5, 5.41) is 9.69. The molecule has 2 atom stereocenters. The number of hydrogen-bond donors (Lipinski definition) is 1. The Morgan fingerprint density at radius 1 is 1.50 bits per heavy atom. The van der Waals surface area contributed by atoms with E-state index in [0.29, 0.717) is 5.56 Å². The number of carbonyl (C=O) groups is 1. The van der Waals surface area contributed by atoms with Crippen LogP contribution >= 0.6 is 0 Å². The van der Waals surface area contributed by atoms with Gasteiger partial charge in [-0.1, -0.05) is 18.2 Å². The molecule has 22 heavy (non-hydrogen) atoms. The number of aliphatic hydroxyl groups is 1. The largest absolute Gasteiger partial charge is 0.459 e. The second-order valence-electron chi connectivity index (χ2n) is 5.40. The summed E-state index contributed by atoms with van der Waals surface area (Å²) in [4.78, 5) is 11.7. The Labute approximate surface area is 128 Å². The van der Waals surface area contributed by atoms with Crippen LogP contribution < -0.4 is 0 Å². The molecule has 0 spiro atoms. The zero-order chi connectivity index (χ0) is 16.2. The van der Waals surface area contributed by atoms with Crippen molar-refractivity contribution in [2.24, 2.45) is 0 Å². The Hall–Kier alpha value is -1.76. The number of benzene rings is 1. The summed E-state index contributed by atoms with van der Waals surface area (Å²) in [6, 6.07) is 8.29. The molecule has 0 unspecified atom stereocenters. The lowest BCUT2D eigenvalue weighted by atomic mass is 10.2. The second-order valence-corrected chi connectivity index (χ2v) is 5.40. The molecule has 1 fully saturated rings. The quantitative estimate of drug-likeness (QED) is 0.845. The van der Waals surface area contributed by atoms with Crippen LogP contribution in [0.15, 0.2) is 42.2 Å². The van der Waals surface area contributed by atoms with Gasteiger partial charge in [0.1, 0.15) is 24.6 Å². The first-order chi connectivity index (χ1) is 10.4. The van der Waals surface area contributed by atoms with E-state index in [1.165, 1.54) is 0 Å². The predicted octanol–water partition coefficient (Wildman–Crippen LogP) is 2.21. The average molecular weight is 310 g/mol. The van der Waals surface area contributed by atoms with Crippen LogP contribution in [0.4, 0.5) is 4.39 Å². The van der Waals surface area contributed by atoms with E-state index in [4.69, 9.17) is 14.2 Å². The van der Waals surface area contributed by atoms with Gasteiger partial charge in [-0.05, 0) is 32.1 Å². The monoisotopic (exact) mass is 310 g/mol. The lowest BCUT2D eigenvalue weighted by Gasteiger charge is -2.16. The molecule has 2 rings (SSSR count). The molecule has 0 bridgehead atoms. The predicted molar refractivity (Wildman–Crippen MR) is 76.8 cm³/mol.